The van der Waals surface area contributed by atoms with Crippen LogP contribution in [-0.2, 0) is 6.18 Å². The molecule has 0 aliphatic heterocycles. The molecule has 8 heteroatoms. The number of pyridine rings is 1. The maximum Gasteiger partial charge on any atom is 0.433 e. The molecule has 2 aromatic heterocycles. The Labute approximate surface area is 105 Å². The van der Waals surface area contributed by atoms with E-state index in [-0.39, 0.29) is 17.2 Å². The van der Waals surface area contributed by atoms with Gasteiger partial charge in [-0.15, -0.1) is 0 Å². The summed E-state index contributed by atoms with van der Waals surface area (Å²) in [6, 6.07) is 1.94. The van der Waals surface area contributed by atoms with Gasteiger partial charge in [0.1, 0.15) is 0 Å². The minimum absolute atomic E-state index is 0.0700. The van der Waals surface area contributed by atoms with Crippen molar-refractivity contribution in [2.45, 2.75) is 6.18 Å². The second kappa shape index (κ2) is 4.79. The van der Waals surface area contributed by atoms with E-state index < -0.39 is 17.7 Å². The first-order valence-electron chi connectivity index (χ1n) is 5.15. The van der Waals surface area contributed by atoms with Gasteiger partial charge in [-0.2, -0.15) is 13.2 Å². The van der Waals surface area contributed by atoms with Crippen LogP contribution in [0.25, 0.3) is 11.3 Å². The zero-order valence-corrected chi connectivity index (χ0v) is 9.66. The number of rotatable bonds is 2. The number of hydrogen-bond donors (Lipinski definition) is 1. The maximum atomic E-state index is 13.5. The van der Waals surface area contributed by atoms with Crippen LogP contribution in [0.15, 0.2) is 24.5 Å². The van der Waals surface area contributed by atoms with E-state index in [1.807, 2.05) is 0 Å². The highest BCUT2D eigenvalue weighted by Gasteiger charge is 2.34. The summed E-state index contributed by atoms with van der Waals surface area (Å²) in [5, 5.41) is 2.41. The van der Waals surface area contributed by atoms with Crippen LogP contribution in [-0.4, -0.2) is 22.0 Å². The molecule has 0 spiro atoms. The second-order valence-corrected chi connectivity index (χ2v) is 3.57. The normalized spacial score (nSPS) is 11.4. The number of nitrogens with zero attached hydrogens (tertiary/aromatic N) is 3. The quantitative estimate of drug-likeness (QED) is 0.854. The summed E-state index contributed by atoms with van der Waals surface area (Å²) < 4.78 is 51.5. The third-order valence-electron chi connectivity index (χ3n) is 2.29. The van der Waals surface area contributed by atoms with Gasteiger partial charge in [0, 0.05) is 18.8 Å². The van der Waals surface area contributed by atoms with Crippen LogP contribution < -0.4 is 5.32 Å². The summed E-state index contributed by atoms with van der Waals surface area (Å²) >= 11 is 0. The van der Waals surface area contributed by atoms with Crippen molar-refractivity contribution in [1.82, 2.24) is 15.0 Å². The van der Waals surface area contributed by atoms with Crippen molar-refractivity contribution in [3.8, 4) is 11.3 Å². The van der Waals surface area contributed by atoms with Gasteiger partial charge in [0.05, 0.1) is 11.9 Å². The molecule has 0 aliphatic carbocycles. The minimum Gasteiger partial charge on any atom is -0.357 e. The number of nitrogens with one attached hydrogen (secondary N) is 1. The Morgan fingerprint density at radius 1 is 1.21 bits per heavy atom. The predicted octanol–water partition coefficient (Wildman–Crippen LogP) is 2.74. The lowest BCUT2D eigenvalue weighted by Gasteiger charge is -2.10. The van der Waals surface area contributed by atoms with E-state index in [0.29, 0.717) is 6.07 Å². The number of aromatic nitrogens is 3. The van der Waals surface area contributed by atoms with E-state index in [2.05, 4.69) is 20.3 Å². The molecule has 100 valence electrons. The van der Waals surface area contributed by atoms with E-state index in [0.717, 1.165) is 6.20 Å². The van der Waals surface area contributed by atoms with Crippen molar-refractivity contribution in [2.24, 2.45) is 0 Å². The van der Waals surface area contributed by atoms with E-state index in [4.69, 9.17) is 0 Å². The monoisotopic (exact) mass is 272 g/mol. The third kappa shape index (κ3) is 2.78. The fraction of sp³-hybridized carbons (Fsp3) is 0.182. The zero-order valence-electron chi connectivity index (χ0n) is 9.66. The van der Waals surface area contributed by atoms with Crippen LogP contribution in [0.2, 0.25) is 0 Å². The molecule has 0 atom stereocenters. The zero-order chi connectivity index (χ0) is 14.0. The highest BCUT2D eigenvalue weighted by atomic mass is 19.4. The van der Waals surface area contributed by atoms with Crippen LogP contribution >= 0.6 is 0 Å². The molecule has 0 saturated carbocycles. The van der Waals surface area contributed by atoms with Crippen LogP contribution in [0.1, 0.15) is 5.69 Å². The van der Waals surface area contributed by atoms with E-state index >= 15 is 0 Å². The molecule has 0 aromatic carbocycles. The average molecular weight is 272 g/mol. The van der Waals surface area contributed by atoms with E-state index in [1.165, 1.54) is 19.3 Å². The van der Waals surface area contributed by atoms with Gasteiger partial charge in [0.15, 0.2) is 11.5 Å². The highest BCUT2D eigenvalue weighted by molar-refractivity contribution is 5.61. The summed E-state index contributed by atoms with van der Waals surface area (Å²) in [7, 11) is 1.38. The van der Waals surface area contributed by atoms with Gasteiger partial charge in [-0.25, -0.2) is 14.4 Å². The minimum atomic E-state index is -4.63. The molecule has 2 heterocycles. The summed E-state index contributed by atoms with van der Waals surface area (Å²) in [4.78, 5) is 10.6. The topological polar surface area (TPSA) is 50.7 Å². The first-order valence-corrected chi connectivity index (χ1v) is 5.15. The van der Waals surface area contributed by atoms with Gasteiger partial charge in [0.25, 0.3) is 0 Å². The molecule has 2 aromatic rings. The van der Waals surface area contributed by atoms with Gasteiger partial charge in [-0.05, 0) is 12.1 Å². The molecule has 0 amide bonds. The molecule has 0 saturated heterocycles. The Kier molecular flexibility index (Phi) is 3.32. The largest absolute Gasteiger partial charge is 0.433 e. The van der Waals surface area contributed by atoms with Crippen molar-refractivity contribution in [2.75, 3.05) is 12.4 Å². The fourth-order valence-corrected chi connectivity index (χ4v) is 1.43. The summed E-state index contributed by atoms with van der Waals surface area (Å²) in [6.45, 7) is 0. The van der Waals surface area contributed by atoms with E-state index in [9.17, 15) is 17.6 Å². The number of halogens is 4. The molecule has 0 aliphatic rings. The summed E-state index contributed by atoms with van der Waals surface area (Å²) in [5.74, 6) is -0.989. The SMILES string of the molecule is CNc1nc(-c2ccncc2F)cc(C(F)(F)F)n1. The van der Waals surface area contributed by atoms with E-state index in [1.54, 1.807) is 0 Å². The van der Waals surface area contributed by atoms with Crippen LogP contribution in [0, 0.1) is 5.82 Å². The third-order valence-corrected chi connectivity index (χ3v) is 2.29. The van der Waals surface area contributed by atoms with Crippen LogP contribution in [0.5, 0.6) is 0 Å². The van der Waals surface area contributed by atoms with Gasteiger partial charge in [-0.3, -0.25) is 4.98 Å². The van der Waals surface area contributed by atoms with Gasteiger partial charge in [-0.1, -0.05) is 0 Å². The van der Waals surface area contributed by atoms with Crippen LogP contribution in [0.3, 0.4) is 0 Å². The molecule has 19 heavy (non-hydrogen) atoms. The summed E-state index contributed by atoms with van der Waals surface area (Å²) in [5.41, 5.74) is -1.37. The predicted molar refractivity (Wildman–Crippen MR) is 59.8 cm³/mol. The Hall–Kier alpha value is -2.25. The van der Waals surface area contributed by atoms with Crippen molar-refractivity contribution in [3.05, 3.63) is 36.0 Å². The maximum absolute atomic E-state index is 13.5. The molecule has 0 unspecified atom stereocenters. The molecule has 1 N–H and O–H groups in total. The molecule has 0 bridgehead atoms. The molecule has 2 rings (SSSR count). The first kappa shape index (κ1) is 13.2. The molecule has 0 radical (unpaired) electrons. The van der Waals surface area contributed by atoms with Crippen molar-refractivity contribution in [3.63, 3.8) is 0 Å². The molecule has 4 nitrogen and oxygen atoms in total. The van der Waals surface area contributed by atoms with Gasteiger partial charge < -0.3 is 5.32 Å². The molecule has 0 fully saturated rings. The number of anilines is 1. The second-order valence-electron chi connectivity index (χ2n) is 3.57. The lowest BCUT2D eigenvalue weighted by Crippen LogP contribution is -2.11. The van der Waals surface area contributed by atoms with Gasteiger partial charge in [0.2, 0.25) is 5.95 Å². The highest BCUT2D eigenvalue weighted by Crippen LogP contribution is 2.31. The molecular formula is C11H8F4N4. The Bertz CT molecular complexity index is 597. The smallest absolute Gasteiger partial charge is 0.357 e. The van der Waals surface area contributed by atoms with Crippen molar-refractivity contribution in [1.29, 1.82) is 0 Å². The van der Waals surface area contributed by atoms with Crippen LogP contribution in [0.4, 0.5) is 23.5 Å². The van der Waals surface area contributed by atoms with Crippen molar-refractivity contribution < 1.29 is 17.6 Å². The lowest BCUT2D eigenvalue weighted by molar-refractivity contribution is -0.141. The Morgan fingerprint density at radius 3 is 2.53 bits per heavy atom. The first-order chi connectivity index (χ1) is 8.91. The Morgan fingerprint density at radius 2 is 1.95 bits per heavy atom. The lowest BCUT2D eigenvalue weighted by atomic mass is 10.1. The fourth-order valence-electron chi connectivity index (χ4n) is 1.43. The average Bonchev–Trinajstić information content (AvgIpc) is 2.37. The Balaban J connectivity index is 2.61. The van der Waals surface area contributed by atoms with Gasteiger partial charge >= 0.3 is 6.18 Å². The van der Waals surface area contributed by atoms with Crippen molar-refractivity contribution >= 4 is 5.95 Å². The molecular weight excluding hydrogens is 264 g/mol. The number of hydrogen-bond acceptors (Lipinski definition) is 4. The number of alkyl halides is 3. The summed E-state index contributed by atoms with van der Waals surface area (Å²) in [6.07, 6.45) is -2.45. The standard InChI is InChI=1S/C11H8F4N4/c1-16-10-18-8(4-9(19-10)11(13,14)15)6-2-3-17-5-7(6)12/h2-5H,1H3,(H,16,18,19).